The lowest BCUT2D eigenvalue weighted by Gasteiger charge is -2.13. The molecule has 2 saturated carbocycles. The number of hydrogen-bond acceptors (Lipinski definition) is 3. The Bertz CT molecular complexity index is 311. The molecule has 0 atom stereocenters. The Morgan fingerprint density at radius 3 is 2.59 bits per heavy atom. The SMILES string of the molecule is O=C(NCCOCC1CC1)NC1(C(=O)O)CC1. The summed E-state index contributed by atoms with van der Waals surface area (Å²) in [6, 6.07) is -0.431. The number of carbonyl (C=O) groups is 2. The Kier molecular flexibility index (Phi) is 3.51. The molecule has 17 heavy (non-hydrogen) atoms. The van der Waals surface area contributed by atoms with Crippen molar-refractivity contribution >= 4 is 12.0 Å². The number of urea groups is 1. The smallest absolute Gasteiger partial charge is 0.329 e. The van der Waals surface area contributed by atoms with Crippen LogP contribution in [0.1, 0.15) is 25.7 Å². The fourth-order valence-electron chi connectivity index (χ4n) is 1.55. The maximum atomic E-state index is 11.4. The number of hydrogen-bond donors (Lipinski definition) is 3. The van der Waals surface area contributed by atoms with Crippen molar-refractivity contribution in [2.45, 2.75) is 31.2 Å². The first-order valence-electron chi connectivity index (χ1n) is 5.99. The van der Waals surface area contributed by atoms with Gasteiger partial charge in [-0.1, -0.05) is 0 Å². The lowest BCUT2D eigenvalue weighted by atomic mass is 10.3. The highest BCUT2D eigenvalue weighted by Crippen LogP contribution is 2.35. The van der Waals surface area contributed by atoms with Crippen molar-refractivity contribution in [3.8, 4) is 0 Å². The summed E-state index contributed by atoms with van der Waals surface area (Å²) in [5.74, 6) is -0.247. The van der Waals surface area contributed by atoms with Gasteiger partial charge in [0.2, 0.25) is 0 Å². The molecule has 96 valence electrons. The number of carbonyl (C=O) groups excluding carboxylic acids is 1. The van der Waals surface area contributed by atoms with Crippen molar-refractivity contribution in [3.63, 3.8) is 0 Å². The molecule has 0 heterocycles. The molecule has 2 aliphatic rings. The van der Waals surface area contributed by atoms with Gasteiger partial charge in [-0.2, -0.15) is 0 Å². The minimum absolute atomic E-state index is 0.411. The van der Waals surface area contributed by atoms with Crippen molar-refractivity contribution in [1.82, 2.24) is 10.6 Å². The molecule has 0 bridgehead atoms. The normalized spacial score (nSPS) is 20.7. The zero-order valence-electron chi connectivity index (χ0n) is 9.70. The van der Waals surface area contributed by atoms with Crippen molar-refractivity contribution in [2.75, 3.05) is 19.8 Å². The number of carboxylic acid groups (broad SMARTS) is 1. The summed E-state index contributed by atoms with van der Waals surface area (Å²) in [5, 5.41) is 13.9. The van der Waals surface area contributed by atoms with E-state index in [1.54, 1.807) is 0 Å². The van der Waals surface area contributed by atoms with Gasteiger partial charge in [0.05, 0.1) is 6.61 Å². The van der Waals surface area contributed by atoms with Crippen molar-refractivity contribution in [1.29, 1.82) is 0 Å². The zero-order chi connectivity index (χ0) is 12.3. The van der Waals surface area contributed by atoms with Crippen LogP contribution in [-0.2, 0) is 9.53 Å². The molecule has 6 heteroatoms. The third-order valence-electron chi connectivity index (χ3n) is 3.09. The summed E-state index contributed by atoms with van der Waals surface area (Å²) in [6.45, 7) is 1.65. The Morgan fingerprint density at radius 1 is 1.35 bits per heavy atom. The molecule has 0 aliphatic heterocycles. The molecule has 2 amide bonds. The fourth-order valence-corrected chi connectivity index (χ4v) is 1.55. The highest BCUT2D eigenvalue weighted by molar-refractivity contribution is 5.88. The van der Waals surface area contributed by atoms with Crippen LogP contribution in [0.5, 0.6) is 0 Å². The van der Waals surface area contributed by atoms with Gasteiger partial charge in [-0.25, -0.2) is 9.59 Å². The molecule has 2 aliphatic carbocycles. The number of ether oxygens (including phenoxy) is 1. The van der Waals surface area contributed by atoms with Gasteiger partial charge in [-0.3, -0.25) is 0 Å². The monoisotopic (exact) mass is 242 g/mol. The first kappa shape index (κ1) is 12.2. The predicted molar refractivity (Wildman–Crippen MR) is 59.7 cm³/mol. The van der Waals surface area contributed by atoms with Gasteiger partial charge in [0.25, 0.3) is 0 Å². The van der Waals surface area contributed by atoms with Crippen LogP contribution in [0.25, 0.3) is 0 Å². The summed E-state index contributed by atoms with van der Waals surface area (Å²) in [5.41, 5.74) is -1.01. The van der Waals surface area contributed by atoms with Gasteiger partial charge >= 0.3 is 12.0 Å². The van der Waals surface area contributed by atoms with Gasteiger partial charge in [-0.15, -0.1) is 0 Å². The number of rotatable bonds is 7. The molecule has 0 aromatic rings. The van der Waals surface area contributed by atoms with E-state index in [1.165, 1.54) is 12.8 Å². The maximum absolute atomic E-state index is 11.4. The summed E-state index contributed by atoms with van der Waals surface area (Å²) >= 11 is 0. The molecule has 0 aromatic heterocycles. The average Bonchev–Trinajstić information content (AvgIpc) is 3.11. The number of nitrogens with one attached hydrogen (secondary N) is 2. The van der Waals surface area contributed by atoms with Crippen LogP contribution in [0.15, 0.2) is 0 Å². The lowest BCUT2D eigenvalue weighted by molar-refractivity contribution is -0.140. The second-order valence-corrected chi connectivity index (χ2v) is 4.79. The Hall–Kier alpha value is -1.30. The first-order chi connectivity index (χ1) is 8.12. The van der Waals surface area contributed by atoms with E-state index in [4.69, 9.17) is 9.84 Å². The standard InChI is InChI=1S/C11H18N2O4/c14-9(15)11(3-4-11)13-10(16)12-5-6-17-7-8-1-2-8/h8H,1-7H2,(H,14,15)(H2,12,13,16). The van der Waals surface area contributed by atoms with E-state index >= 15 is 0 Å². The quantitative estimate of drug-likeness (QED) is 0.561. The third kappa shape index (κ3) is 3.59. The minimum atomic E-state index is -1.01. The van der Waals surface area contributed by atoms with Gasteiger partial charge in [0, 0.05) is 13.2 Å². The second kappa shape index (κ2) is 4.91. The molecule has 0 spiro atoms. The Morgan fingerprint density at radius 2 is 2.06 bits per heavy atom. The lowest BCUT2D eigenvalue weighted by Crippen LogP contribution is -2.48. The van der Waals surface area contributed by atoms with Gasteiger partial charge in [-0.05, 0) is 31.6 Å². The third-order valence-corrected chi connectivity index (χ3v) is 3.09. The van der Waals surface area contributed by atoms with Crippen LogP contribution in [0.3, 0.4) is 0 Å². The van der Waals surface area contributed by atoms with Gasteiger partial charge in [0.15, 0.2) is 0 Å². The van der Waals surface area contributed by atoms with E-state index in [9.17, 15) is 9.59 Å². The molecule has 2 rings (SSSR count). The fraction of sp³-hybridized carbons (Fsp3) is 0.818. The number of aliphatic carboxylic acids is 1. The molecule has 2 fully saturated rings. The van der Waals surface area contributed by atoms with Crippen molar-refractivity contribution in [2.24, 2.45) is 5.92 Å². The summed E-state index contributed by atoms with van der Waals surface area (Å²) < 4.78 is 5.34. The topological polar surface area (TPSA) is 87.7 Å². The van der Waals surface area contributed by atoms with Gasteiger partial charge < -0.3 is 20.5 Å². The average molecular weight is 242 g/mol. The molecule has 0 saturated heterocycles. The molecular formula is C11H18N2O4. The summed E-state index contributed by atoms with van der Waals surface area (Å²) in [6.07, 6.45) is 3.51. The van der Waals surface area contributed by atoms with Crippen LogP contribution in [0.4, 0.5) is 4.79 Å². The minimum Gasteiger partial charge on any atom is -0.480 e. The van der Waals surface area contributed by atoms with Crippen LogP contribution in [0.2, 0.25) is 0 Å². The Balaban J connectivity index is 1.53. The Labute approximate surface area is 99.7 Å². The van der Waals surface area contributed by atoms with E-state index < -0.39 is 17.5 Å². The van der Waals surface area contributed by atoms with E-state index in [2.05, 4.69) is 10.6 Å². The highest BCUT2D eigenvalue weighted by Gasteiger charge is 2.51. The number of carboxylic acids is 1. The maximum Gasteiger partial charge on any atom is 0.329 e. The molecule has 6 nitrogen and oxygen atoms in total. The largest absolute Gasteiger partial charge is 0.480 e. The second-order valence-electron chi connectivity index (χ2n) is 4.79. The van der Waals surface area contributed by atoms with E-state index in [0.717, 1.165) is 6.61 Å². The molecular weight excluding hydrogens is 224 g/mol. The molecule has 0 unspecified atom stereocenters. The first-order valence-corrected chi connectivity index (χ1v) is 5.99. The molecule has 3 N–H and O–H groups in total. The molecule has 0 radical (unpaired) electrons. The van der Waals surface area contributed by atoms with Crippen LogP contribution >= 0.6 is 0 Å². The predicted octanol–water partition coefficient (Wildman–Crippen LogP) is 0.329. The zero-order valence-corrected chi connectivity index (χ0v) is 9.70. The highest BCUT2D eigenvalue weighted by atomic mass is 16.5. The number of amides is 2. The summed E-state index contributed by atoms with van der Waals surface area (Å²) in [4.78, 5) is 22.2. The van der Waals surface area contributed by atoms with Crippen LogP contribution in [0, 0.1) is 5.92 Å². The van der Waals surface area contributed by atoms with Crippen LogP contribution < -0.4 is 10.6 Å². The van der Waals surface area contributed by atoms with E-state index in [1.807, 2.05) is 0 Å². The van der Waals surface area contributed by atoms with E-state index in [-0.39, 0.29) is 0 Å². The van der Waals surface area contributed by atoms with Crippen molar-refractivity contribution < 1.29 is 19.4 Å². The van der Waals surface area contributed by atoms with Crippen molar-refractivity contribution in [3.05, 3.63) is 0 Å². The summed E-state index contributed by atoms with van der Waals surface area (Å²) in [7, 11) is 0. The van der Waals surface area contributed by atoms with Gasteiger partial charge in [0.1, 0.15) is 5.54 Å². The molecule has 0 aromatic carbocycles. The van der Waals surface area contributed by atoms with E-state index in [0.29, 0.717) is 31.9 Å². The van der Waals surface area contributed by atoms with Crippen LogP contribution in [-0.4, -0.2) is 42.4 Å².